The lowest BCUT2D eigenvalue weighted by Crippen LogP contribution is -2.64. The Bertz CT molecular complexity index is 3640. The standard InChI is InChI=1S/C70H70BN3/c1-65(2,3)50-31-33-59-55(40-50)67(7)35-19-20-36-69(67,9)73(59)53-43-61-63-62(44-53)74-64-56(68(8)37-34-47-26-17-18-29-54(47)70(68,74)10)41-51(66(4,5)6)42-58(64)71(63)57-32-30-49(46-24-15-12-16-25-46)39-60(57)72(61)52-28-21-27-48(38-52)45-22-13-11-14-23-45/h11-18,21-33,38-44H,19-20,34-37H2,1-10H3. The number of aryl methyl sites for hydroxylation is 1. The molecule has 6 aliphatic rings. The van der Waals surface area contributed by atoms with Crippen LogP contribution in [-0.4, -0.2) is 12.3 Å². The first kappa shape index (κ1) is 45.8. The Kier molecular flexibility index (Phi) is 9.54. The van der Waals surface area contributed by atoms with E-state index in [0.717, 1.165) is 19.3 Å². The fourth-order valence-electron chi connectivity index (χ4n) is 15.6. The molecule has 0 aromatic heterocycles. The maximum atomic E-state index is 2.92. The van der Waals surface area contributed by atoms with Gasteiger partial charge in [0.05, 0.1) is 11.1 Å². The lowest BCUT2D eigenvalue weighted by molar-refractivity contribution is 0.195. The molecule has 0 bridgehead atoms. The van der Waals surface area contributed by atoms with E-state index in [-0.39, 0.29) is 39.5 Å². The number of rotatable bonds is 4. The Morgan fingerprint density at radius 1 is 0.432 bits per heavy atom. The molecule has 4 unspecified atom stereocenters. The van der Waals surface area contributed by atoms with Gasteiger partial charge in [-0.1, -0.05) is 202 Å². The topological polar surface area (TPSA) is 9.72 Å². The molecule has 0 radical (unpaired) electrons. The molecular weight excluding hydrogens is 894 g/mol. The molecule has 4 heteroatoms. The summed E-state index contributed by atoms with van der Waals surface area (Å²) in [5, 5.41) is 0. The van der Waals surface area contributed by atoms with Crippen LogP contribution in [0.1, 0.15) is 135 Å². The van der Waals surface area contributed by atoms with Crippen LogP contribution in [-0.2, 0) is 33.6 Å². The fraction of sp³-hybridized carbons (Fsp3) is 0.314. The predicted octanol–water partition coefficient (Wildman–Crippen LogP) is 16.2. The maximum absolute atomic E-state index is 2.92. The summed E-state index contributed by atoms with van der Waals surface area (Å²) in [4.78, 5) is 8.46. The second-order valence-electron chi connectivity index (χ2n) is 26.0. The lowest BCUT2D eigenvalue weighted by atomic mass is 9.33. The van der Waals surface area contributed by atoms with E-state index in [0.29, 0.717) is 0 Å². The van der Waals surface area contributed by atoms with Crippen LogP contribution < -0.4 is 31.1 Å². The summed E-state index contributed by atoms with van der Waals surface area (Å²) in [5.41, 5.74) is 26.4. The minimum atomic E-state index is -0.365. The molecule has 14 rings (SSSR count). The minimum Gasteiger partial charge on any atom is -0.334 e. The second kappa shape index (κ2) is 15.4. The molecule has 2 aliphatic carbocycles. The van der Waals surface area contributed by atoms with Crippen molar-refractivity contribution in [1.82, 2.24) is 0 Å². The molecule has 4 atom stereocenters. The van der Waals surface area contributed by atoms with E-state index in [1.165, 1.54) is 131 Å². The van der Waals surface area contributed by atoms with Crippen molar-refractivity contribution in [2.24, 2.45) is 0 Å². The van der Waals surface area contributed by atoms with Crippen LogP contribution in [0.25, 0.3) is 22.3 Å². The van der Waals surface area contributed by atoms with Gasteiger partial charge in [0.1, 0.15) is 0 Å². The largest absolute Gasteiger partial charge is 0.334 e. The highest BCUT2D eigenvalue weighted by atomic mass is 15.3. The zero-order valence-electron chi connectivity index (χ0n) is 45.3. The molecule has 368 valence electrons. The average Bonchev–Trinajstić information content (AvgIpc) is 3.77. The van der Waals surface area contributed by atoms with Crippen LogP contribution >= 0.6 is 0 Å². The molecule has 0 spiro atoms. The molecule has 4 heterocycles. The molecule has 1 saturated carbocycles. The van der Waals surface area contributed by atoms with Gasteiger partial charge in [-0.15, -0.1) is 0 Å². The third kappa shape index (κ3) is 6.03. The van der Waals surface area contributed by atoms with Crippen LogP contribution in [0.3, 0.4) is 0 Å². The molecule has 3 nitrogen and oxygen atoms in total. The summed E-state index contributed by atoms with van der Waals surface area (Å²) in [7, 11) is 0. The van der Waals surface area contributed by atoms with Crippen LogP contribution in [0.15, 0.2) is 170 Å². The molecule has 8 aromatic carbocycles. The van der Waals surface area contributed by atoms with Crippen molar-refractivity contribution < 1.29 is 0 Å². The SMILES string of the molecule is CC(C)(C)c1ccc2c(c1)C1(C)CCCCC1(C)N2c1cc2c3c(c1)N1c4c(cc(C(C)(C)C)cc4C4(C)CCc5ccccc5C14C)B3c1ccc(-c3ccccc3)cc1N2c1cccc(-c2ccccc2)c1. The van der Waals surface area contributed by atoms with E-state index in [2.05, 4.69) is 254 Å². The Balaban J connectivity index is 1.13. The van der Waals surface area contributed by atoms with E-state index in [1.54, 1.807) is 0 Å². The molecule has 0 N–H and O–H groups in total. The first-order chi connectivity index (χ1) is 35.4. The van der Waals surface area contributed by atoms with Gasteiger partial charge in [-0.2, -0.15) is 0 Å². The first-order valence-electron chi connectivity index (χ1n) is 27.8. The van der Waals surface area contributed by atoms with Crippen LogP contribution in [0, 0.1) is 0 Å². The number of benzene rings is 8. The maximum Gasteiger partial charge on any atom is 0.252 e. The molecule has 8 aromatic rings. The Morgan fingerprint density at radius 3 is 1.81 bits per heavy atom. The molecule has 0 amide bonds. The summed E-state index contributed by atoms with van der Waals surface area (Å²) < 4.78 is 0. The lowest BCUT2D eigenvalue weighted by Gasteiger charge is -2.54. The van der Waals surface area contributed by atoms with E-state index in [9.17, 15) is 0 Å². The van der Waals surface area contributed by atoms with E-state index in [4.69, 9.17) is 0 Å². The fourth-order valence-corrected chi connectivity index (χ4v) is 15.6. The van der Waals surface area contributed by atoms with Crippen LogP contribution in [0.5, 0.6) is 0 Å². The van der Waals surface area contributed by atoms with Gasteiger partial charge >= 0.3 is 0 Å². The van der Waals surface area contributed by atoms with Crippen LogP contribution in [0.2, 0.25) is 0 Å². The van der Waals surface area contributed by atoms with Crippen molar-refractivity contribution in [2.75, 3.05) is 14.7 Å². The first-order valence-corrected chi connectivity index (χ1v) is 27.8. The highest BCUT2D eigenvalue weighted by molar-refractivity contribution is 7.00. The van der Waals surface area contributed by atoms with Crippen molar-refractivity contribution in [3.8, 4) is 22.3 Å². The smallest absolute Gasteiger partial charge is 0.252 e. The zero-order chi connectivity index (χ0) is 50.9. The summed E-state index contributed by atoms with van der Waals surface area (Å²) in [6, 6.07) is 66.5. The van der Waals surface area contributed by atoms with Crippen molar-refractivity contribution >= 4 is 62.9 Å². The van der Waals surface area contributed by atoms with E-state index >= 15 is 0 Å². The second-order valence-corrected chi connectivity index (χ2v) is 26.0. The van der Waals surface area contributed by atoms with Gasteiger partial charge in [0.25, 0.3) is 6.71 Å². The summed E-state index contributed by atoms with van der Waals surface area (Å²) in [5.74, 6) is 0. The van der Waals surface area contributed by atoms with Crippen LogP contribution in [0.4, 0.5) is 39.8 Å². The number of nitrogens with zero attached hydrogens (tertiary/aromatic N) is 3. The van der Waals surface area contributed by atoms with Gasteiger partial charge in [-0.25, -0.2) is 0 Å². The van der Waals surface area contributed by atoms with Gasteiger partial charge in [-0.3, -0.25) is 0 Å². The number of fused-ring (bicyclic) bond motifs is 12. The summed E-state index contributed by atoms with van der Waals surface area (Å²) in [6.45, 7) is 24.9. The normalized spacial score (nSPS) is 23.9. The zero-order valence-corrected chi connectivity index (χ0v) is 45.3. The molecule has 0 saturated heterocycles. The summed E-state index contributed by atoms with van der Waals surface area (Å²) in [6.07, 6.45) is 6.96. The third-order valence-corrected chi connectivity index (χ3v) is 20.1. The predicted molar refractivity (Wildman–Crippen MR) is 315 cm³/mol. The van der Waals surface area contributed by atoms with Gasteiger partial charge in [0, 0.05) is 50.6 Å². The quantitative estimate of drug-likeness (QED) is 0.163. The van der Waals surface area contributed by atoms with E-state index < -0.39 is 0 Å². The Hall–Kier alpha value is -6.78. The van der Waals surface area contributed by atoms with Crippen molar-refractivity contribution in [3.63, 3.8) is 0 Å². The number of hydrogen-bond donors (Lipinski definition) is 0. The van der Waals surface area contributed by atoms with E-state index in [1.807, 2.05) is 0 Å². The van der Waals surface area contributed by atoms with Gasteiger partial charge in [-0.05, 0) is 159 Å². The number of anilines is 7. The highest BCUT2D eigenvalue weighted by Crippen LogP contribution is 2.67. The highest BCUT2D eigenvalue weighted by Gasteiger charge is 2.64. The van der Waals surface area contributed by atoms with Gasteiger partial charge in [0.2, 0.25) is 0 Å². The van der Waals surface area contributed by atoms with Crippen molar-refractivity contribution in [1.29, 1.82) is 0 Å². The molecule has 4 aliphatic heterocycles. The van der Waals surface area contributed by atoms with Crippen molar-refractivity contribution in [3.05, 3.63) is 203 Å². The molecule has 1 fully saturated rings. The molecule has 74 heavy (non-hydrogen) atoms. The average molecular weight is 964 g/mol. The third-order valence-electron chi connectivity index (χ3n) is 20.1. The molecular formula is C70H70BN3. The van der Waals surface area contributed by atoms with Crippen molar-refractivity contribution in [2.45, 2.75) is 141 Å². The monoisotopic (exact) mass is 964 g/mol. The Labute approximate surface area is 441 Å². The van der Waals surface area contributed by atoms with Gasteiger partial charge in [0.15, 0.2) is 0 Å². The summed E-state index contributed by atoms with van der Waals surface area (Å²) >= 11 is 0. The number of hydrogen-bond acceptors (Lipinski definition) is 3. The minimum absolute atomic E-state index is 0.00747. The van der Waals surface area contributed by atoms with Gasteiger partial charge < -0.3 is 14.7 Å². The Morgan fingerprint density at radius 2 is 1.08 bits per heavy atom.